The van der Waals surface area contributed by atoms with Crippen LogP contribution in [-0.2, 0) is 0 Å². The minimum absolute atomic E-state index is 0.533. The lowest BCUT2D eigenvalue weighted by Gasteiger charge is -2.40. The molecule has 3 nitrogen and oxygen atoms in total. The number of hydrogen-bond donors (Lipinski definition) is 1. The molecule has 1 unspecified atom stereocenters. The summed E-state index contributed by atoms with van der Waals surface area (Å²) in [7, 11) is 0. The lowest BCUT2D eigenvalue weighted by Crippen LogP contribution is -2.52. The van der Waals surface area contributed by atoms with Crippen LogP contribution in [0.1, 0.15) is 12.8 Å². The second-order valence-corrected chi connectivity index (χ2v) is 6.89. The minimum Gasteiger partial charge on any atom is -0.368 e. The molecule has 118 valence electrons. The van der Waals surface area contributed by atoms with Crippen LogP contribution in [0.5, 0.6) is 0 Å². The Kier molecular flexibility index (Phi) is 7.17. The quantitative estimate of drug-likeness (QED) is 0.780. The molecule has 0 amide bonds. The first-order valence-corrected chi connectivity index (χ1v) is 9.46. The molecule has 2 N–H and O–H groups in total. The molecule has 1 heterocycles. The molecule has 1 atom stereocenters. The monoisotopic (exact) mass is 327 g/mol. The van der Waals surface area contributed by atoms with E-state index in [4.69, 9.17) is 17.3 Å². The van der Waals surface area contributed by atoms with Crippen LogP contribution < -0.4 is 10.6 Å². The van der Waals surface area contributed by atoms with Gasteiger partial charge in [-0.15, -0.1) is 0 Å². The summed E-state index contributed by atoms with van der Waals surface area (Å²) in [5.41, 5.74) is 7.13. The summed E-state index contributed by atoms with van der Waals surface area (Å²) < 4.78 is 0. The Hall–Kier alpha value is -0.420. The lowest BCUT2D eigenvalue weighted by atomic mass is 10.1. The van der Waals surface area contributed by atoms with E-state index >= 15 is 0 Å². The van der Waals surface area contributed by atoms with Gasteiger partial charge in [-0.25, -0.2) is 0 Å². The van der Waals surface area contributed by atoms with Crippen molar-refractivity contribution in [2.75, 3.05) is 49.6 Å². The van der Waals surface area contributed by atoms with E-state index in [9.17, 15) is 0 Å². The largest absolute Gasteiger partial charge is 0.368 e. The predicted molar refractivity (Wildman–Crippen MR) is 95.7 cm³/mol. The number of piperazine rings is 1. The number of para-hydroxylation sites is 1. The molecule has 1 aliphatic rings. The first-order valence-electron chi connectivity index (χ1n) is 7.68. The molecule has 21 heavy (non-hydrogen) atoms. The number of thioether (sulfide) groups is 1. The second kappa shape index (κ2) is 8.89. The highest BCUT2D eigenvalue weighted by atomic mass is 35.5. The third kappa shape index (κ3) is 4.78. The van der Waals surface area contributed by atoms with Gasteiger partial charge in [0.1, 0.15) is 0 Å². The number of nitrogens with two attached hydrogens (primary N) is 1. The first-order chi connectivity index (χ1) is 10.3. The Morgan fingerprint density at radius 3 is 2.57 bits per heavy atom. The van der Waals surface area contributed by atoms with Crippen LogP contribution in [0.25, 0.3) is 0 Å². The minimum atomic E-state index is 0.533. The molecule has 0 aromatic heterocycles. The molecule has 1 aromatic rings. The number of halogens is 1. The van der Waals surface area contributed by atoms with Gasteiger partial charge in [-0.3, -0.25) is 4.90 Å². The van der Waals surface area contributed by atoms with Gasteiger partial charge in [0.25, 0.3) is 0 Å². The fraction of sp³-hybridized carbons (Fsp3) is 0.625. The fourth-order valence-electron chi connectivity index (χ4n) is 2.95. The van der Waals surface area contributed by atoms with Gasteiger partial charge in [0.15, 0.2) is 0 Å². The molecule has 1 aliphatic heterocycles. The number of benzene rings is 1. The van der Waals surface area contributed by atoms with Crippen LogP contribution in [0.3, 0.4) is 0 Å². The van der Waals surface area contributed by atoms with Gasteiger partial charge in [0.05, 0.1) is 10.7 Å². The first kappa shape index (κ1) is 16.9. The lowest BCUT2D eigenvalue weighted by molar-refractivity contribution is 0.180. The zero-order valence-corrected chi connectivity index (χ0v) is 14.4. The second-order valence-electron chi connectivity index (χ2n) is 5.50. The third-order valence-corrected chi connectivity index (χ3v) is 5.20. The van der Waals surface area contributed by atoms with Crippen LogP contribution in [0.2, 0.25) is 5.02 Å². The van der Waals surface area contributed by atoms with E-state index in [1.54, 1.807) is 0 Å². The standard InChI is InChI=1S/C16H26ClN3S/c1-21-12-4-5-14(13-18)19-8-10-20(11-9-19)16-7-3-2-6-15(16)17/h2-3,6-7,14H,4-5,8-13,18H2,1H3. The number of anilines is 1. The molecule has 0 spiro atoms. The van der Waals surface area contributed by atoms with Crippen molar-refractivity contribution in [1.29, 1.82) is 0 Å². The molecule has 2 rings (SSSR count). The molecule has 0 saturated carbocycles. The van der Waals surface area contributed by atoms with Crippen LogP contribution in [-0.4, -0.2) is 55.7 Å². The SMILES string of the molecule is CSCCCC(CN)N1CCN(c2ccccc2Cl)CC1. The van der Waals surface area contributed by atoms with Gasteiger partial charge < -0.3 is 10.6 Å². The van der Waals surface area contributed by atoms with Gasteiger partial charge in [-0.2, -0.15) is 11.8 Å². The van der Waals surface area contributed by atoms with Crippen molar-refractivity contribution in [3.63, 3.8) is 0 Å². The normalized spacial score (nSPS) is 18.0. The molecule has 1 fully saturated rings. The van der Waals surface area contributed by atoms with Crippen molar-refractivity contribution in [2.24, 2.45) is 5.73 Å². The molecular formula is C16H26ClN3S. The Labute approximate surface area is 137 Å². The fourth-order valence-corrected chi connectivity index (χ4v) is 3.66. The van der Waals surface area contributed by atoms with Crippen molar-refractivity contribution in [1.82, 2.24) is 4.90 Å². The summed E-state index contributed by atoms with van der Waals surface area (Å²) in [6.45, 7) is 4.98. The van der Waals surface area contributed by atoms with E-state index in [1.807, 2.05) is 23.9 Å². The predicted octanol–water partition coefficient (Wildman–Crippen LogP) is 2.93. The summed E-state index contributed by atoms with van der Waals surface area (Å²) in [5.74, 6) is 1.23. The zero-order valence-electron chi connectivity index (χ0n) is 12.8. The highest BCUT2D eigenvalue weighted by Gasteiger charge is 2.23. The van der Waals surface area contributed by atoms with Crippen LogP contribution in [0, 0.1) is 0 Å². The Morgan fingerprint density at radius 1 is 1.24 bits per heavy atom. The van der Waals surface area contributed by atoms with Gasteiger partial charge in [0, 0.05) is 38.8 Å². The molecule has 5 heteroatoms. The number of hydrogen-bond acceptors (Lipinski definition) is 4. The van der Waals surface area contributed by atoms with Gasteiger partial charge in [-0.05, 0) is 37.0 Å². The molecular weight excluding hydrogens is 302 g/mol. The maximum Gasteiger partial charge on any atom is 0.0639 e. The van der Waals surface area contributed by atoms with Gasteiger partial charge >= 0.3 is 0 Å². The smallest absolute Gasteiger partial charge is 0.0639 e. The van der Waals surface area contributed by atoms with E-state index in [0.717, 1.165) is 43.4 Å². The third-order valence-electron chi connectivity index (χ3n) is 4.18. The van der Waals surface area contributed by atoms with E-state index in [1.165, 1.54) is 18.6 Å². The molecule has 0 radical (unpaired) electrons. The van der Waals surface area contributed by atoms with Crippen molar-refractivity contribution < 1.29 is 0 Å². The summed E-state index contributed by atoms with van der Waals surface area (Å²) in [6, 6.07) is 8.65. The summed E-state index contributed by atoms with van der Waals surface area (Å²) in [6.07, 6.45) is 4.64. The molecule has 0 bridgehead atoms. The topological polar surface area (TPSA) is 32.5 Å². The summed E-state index contributed by atoms with van der Waals surface area (Å²) in [5, 5.41) is 0.848. The zero-order chi connectivity index (χ0) is 15.1. The van der Waals surface area contributed by atoms with Crippen LogP contribution in [0.15, 0.2) is 24.3 Å². The van der Waals surface area contributed by atoms with Crippen molar-refractivity contribution >= 4 is 29.1 Å². The van der Waals surface area contributed by atoms with Crippen molar-refractivity contribution in [3.8, 4) is 0 Å². The number of nitrogens with zero attached hydrogens (tertiary/aromatic N) is 2. The van der Waals surface area contributed by atoms with Gasteiger partial charge in [0.2, 0.25) is 0 Å². The van der Waals surface area contributed by atoms with Crippen molar-refractivity contribution in [2.45, 2.75) is 18.9 Å². The molecule has 1 saturated heterocycles. The van der Waals surface area contributed by atoms with Crippen LogP contribution >= 0.6 is 23.4 Å². The summed E-state index contributed by atoms with van der Waals surface area (Å²) >= 11 is 8.21. The van der Waals surface area contributed by atoms with E-state index in [0.29, 0.717) is 6.04 Å². The molecule has 0 aliphatic carbocycles. The Bertz CT molecular complexity index is 422. The van der Waals surface area contributed by atoms with Crippen LogP contribution in [0.4, 0.5) is 5.69 Å². The van der Waals surface area contributed by atoms with E-state index < -0.39 is 0 Å². The van der Waals surface area contributed by atoms with Crippen molar-refractivity contribution in [3.05, 3.63) is 29.3 Å². The maximum atomic E-state index is 6.29. The highest BCUT2D eigenvalue weighted by Crippen LogP contribution is 2.26. The maximum absolute atomic E-state index is 6.29. The molecule has 1 aromatic carbocycles. The Balaban J connectivity index is 1.86. The highest BCUT2D eigenvalue weighted by molar-refractivity contribution is 7.98. The average molecular weight is 328 g/mol. The average Bonchev–Trinajstić information content (AvgIpc) is 2.53. The summed E-state index contributed by atoms with van der Waals surface area (Å²) in [4.78, 5) is 4.93. The van der Waals surface area contributed by atoms with E-state index in [2.05, 4.69) is 28.2 Å². The van der Waals surface area contributed by atoms with Gasteiger partial charge in [-0.1, -0.05) is 23.7 Å². The number of rotatable bonds is 7. The van der Waals surface area contributed by atoms with E-state index in [-0.39, 0.29) is 0 Å². The Morgan fingerprint density at radius 2 is 1.95 bits per heavy atom.